The Morgan fingerprint density at radius 3 is 2.17 bits per heavy atom. The highest BCUT2D eigenvalue weighted by atomic mass is 16.6. The SMILES string of the molecule is CNC(=O)COC1[C@H](C)O[C@H](COC(C)(C)C)[C@@H]1OC(C)(C)C. The molecule has 1 aliphatic heterocycles. The minimum Gasteiger partial charge on any atom is -0.373 e. The van der Waals surface area contributed by atoms with Gasteiger partial charge in [0.15, 0.2) is 0 Å². The highest BCUT2D eigenvalue weighted by molar-refractivity contribution is 5.76. The number of ether oxygens (including phenoxy) is 4. The third kappa shape index (κ3) is 7.16. The number of hydrogen-bond donors (Lipinski definition) is 1. The second-order valence-corrected chi connectivity index (χ2v) is 7.95. The normalized spacial score (nSPS) is 28.9. The van der Waals surface area contributed by atoms with Gasteiger partial charge in [0.05, 0.1) is 23.9 Å². The van der Waals surface area contributed by atoms with E-state index in [2.05, 4.69) is 5.32 Å². The molecule has 23 heavy (non-hydrogen) atoms. The Balaban J connectivity index is 2.79. The second-order valence-electron chi connectivity index (χ2n) is 7.95. The average Bonchev–Trinajstić information content (AvgIpc) is 2.67. The van der Waals surface area contributed by atoms with Crippen LogP contribution < -0.4 is 5.32 Å². The molecule has 0 aliphatic carbocycles. The number of carbonyl (C=O) groups is 1. The minimum absolute atomic E-state index is 0.00822. The lowest BCUT2D eigenvalue weighted by atomic mass is 10.1. The van der Waals surface area contributed by atoms with Gasteiger partial charge in [-0.1, -0.05) is 0 Å². The molecule has 1 fully saturated rings. The Morgan fingerprint density at radius 1 is 1.09 bits per heavy atom. The highest BCUT2D eigenvalue weighted by Crippen LogP contribution is 2.30. The summed E-state index contributed by atoms with van der Waals surface area (Å²) in [6, 6.07) is 0. The summed E-state index contributed by atoms with van der Waals surface area (Å²) in [5.74, 6) is -0.166. The maximum absolute atomic E-state index is 11.5. The fourth-order valence-electron chi connectivity index (χ4n) is 2.40. The fourth-order valence-corrected chi connectivity index (χ4v) is 2.40. The van der Waals surface area contributed by atoms with E-state index in [4.69, 9.17) is 18.9 Å². The van der Waals surface area contributed by atoms with Crippen molar-refractivity contribution in [1.29, 1.82) is 0 Å². The van der Waals surface area contributed by atoms with Crippen molar-refractivity contribution in [1.82, 2.24) is 5.32 Å². The van der Waals surface area contributed by atoms with Gasteiger partial charge in [0.25, 0.3) is 0 Å². The van der Waals surface area contributed by atoms with Gasteiger partial charge in [0.2, 0.25) is 5.91 Å². The third-order valence-corrected chi connectivity index (χ3v) is 3.40. The fraction of sp³-hybridized carbons (Fsp3) is 0.941. The van der Waals surface area contributed by atoms with Gasteiger partial charge in [-0.05, 0) is 48.5 Å². The van der Waals surface area contributed by atoms with Crippen LogP contribution in [0.2, 0.25) is 0 Å². The van der Waals surface area contributed by atoms with E-state index in [1.54, 1.807) is 7.05 Å². The van der Waals surface area contributed by atoms with Crippen LogP contribution >= 0.6 is 0 Å². The Kier molecular flexibility index (Phi) is 7.01. The van der Waals surface area contributed by atoms with Crippen LogP contribution in [0, 0.1) is 0 Å². The molecule has 1 unspecified atom stereocenters. The number of likely N-dealkylation sites (N-methyl/N-ethyl adjacent to an activating group) is 1. The maximum Gasteiger partial charge on any atom is 0.245 e. The van der Waals surface area contributed by atoms with Crippen LogP contribution in [0.3, 0.4) is 0 Å². The zero-order valence-corrected chi connectivity index (χ0v) is 15.8. The first-order valence-corrected chi connectivity index (χ1v) is 8.22. The van der Waals surface area contributed by atoms with Crippen LogP contribution in [-0.4, -0.2) is 61.8 Å². The van der Waals surface area contributed by atoms with Crippen LogP contribution in [0.1, 0.15) is 48.5 Å². The summed E-state index contributed by atoms with van der Waals surface area (Å²) in [5, 5.41) is 2.55. The lowest BCUT2D eigenvalue weighted by Crippen LogP contribution is -2.45. The lowest BCUT2D eigenvalue weighted by molar-refractivity contribution is -0.149. The van der Waals surface area contributed by atoms with Gasteiger partial charge < -0.3 is 24.3 Å². The summed E-state index contributed by atoms with van der Waals surface area (Å²) < 4.78 is 23.8. The van der Waals surface area contributed by atoms with Gasteiger partial charge in [0, 0.05) is 7.05 Å². The molecule has 1 N–H and O–H groups in total. The maximum atomic E-state index is 11.5. The number of hydrogen-bond acceptors (Lipinski definition) is 5. The number of amides is 1. The second kappa shape index (κ2) is 7.92. The molecule has 0 aromatic rings. The molecular weight excluding hydrogens is 298 g/mol. The van der Waals surface area contributed by atoms with Crippen molar-refractivity contribution in [2.45, 2.75) is 84.1 Å². The van der Waals surface area contributed by atoms with E-state index in [0.717, 1.165) is 0 Å². The smallest absolute Gasteiger partial charge is 0.245 e. The van der Waals surface area contributed by atoms with Crippen LogP contribution in [0.15, 0.2) is 0 Å². The standard InChI is InChI=1S/C17H33NO5/c1-11-14(20-10-13(19)18-8)15(23-17(5,6)7)12(22-11)9-21-16(2,3)4/h11-12,14-15H,9-10H2,1-8H3,(H,18,19)/t11-,12+,14?,15-/m0/s1. The molecule has 0 aromatic carbocycles. The largest absolute Gasteiger partial charge is 0.373 e. The first-order valence-electron chi connectivity index (χ1n) is 8.22. The molecule has 4 atom stereocenters. The van der Waals surface area contributed by atoms with Crippen LogP contribution in [-0.2, 0) is 23.7 Å². The Morgan fingerprint density at radius 2 is 1.70 bits per heavy atom. The van der Waals surface area contributed by atoms with Gasteiger partial charge in [-0.2, -0.15) is 0 Å². The Hall–Kier alpha value is -0.690. The molecule has 0 aromatic heterocycles. The van der Waals surface area contributed by atoms with E-state index in [-0.39, 0.29) is 48.1 Å². The van der Waals surface area contributed by atoms with Crippen LogP contribution in [0.5, 0.6) is 0 Å². The number of nitrogens with one attached hydrogen (secondary N) is 1. The molecule has 6 nitrogen and oxygen atoms in total. The zero-order chi connectivity index (χ0) is 17.8. The number of rotatable bonds is 6. The first kappa shape index (κ1) is 20.4. The van der Waals surface area contributed by atoms with Crippen molar-refractivity contribution in [2.24, 2.45) is 0 Å². The third-order valence-electron chi connectivity index (χ3n) is 3.40. The molecule has 1 heterocycles. The number of carbonyl (C=O) groups excluding carboxylic acids is 1. The first-order chi connectivity index (χ1) is 10.4. The van der Waals surface area contributed by atoms with Gasteiger partial charge in [-0.3, -0.25) is 4.79 Å². The summed E-state index contributed by atoms with van der Waals surface area (Å²) >= 11 is 0. The van der Waals surface area contributed by atoms with Crippen LogP contribution in [0.25, 0.3) is 0 Å². The molecular formula is C17H33NO5. The van der Waals surface area contributed by atoms with E-state index in [1.807, 2.05) is 48.5 Å². The summed E-state index contributed by atoms with van der Waals surface area (Å²) in [5.41, 5.74) is -0.591. The summed E-state index contributed by atoms with van der Waals surface area (Å²) in [6.07, 6.45) is -0.976. The lowest BCUT2D eigenvalue weighted by Gasteiger charge is -2.32. The molecule has 1 rings (SSSR count). The Labute approximate surface area is 140 Å². The molecule has 0 radical (unpaired) electrons. The van der Waals surface area contributed by atoms with Gasteiger partial charge >= 0.3 is 0 Å². The topological polar surface area (TPSA) is 66.0 Å². The van der Waals surface area contributed by atoms with Crippen molar-refractivity contribution >= 4 is 5.91 Å². The Bertz CT molecular complexity index is 385. The summed E-state index contributed by atoms with van der Waals surface area (Å²) in [7, 11) is 1.59. The predicted molar refractivity (Wildman–Crippen MR) is 88.5 cm³/mol. The van der Waals surface area contributed by atoms with E-state index in [0.29, 0.717) is 6.61 Å². The molecule has 136 valence electrons. The van der Waals surface area contributed by atoms with Crippen LogP contribution in [0.4, 0.5) is 0 Å². The minimum atomic E-state index is -0.341. The molecule has 1 amide bonds. The molecule has 6 heteroatoms. The quantitative estimate of drug-likeness (QED) is 0.805. The van der Waals surface area contributed by atoms with Gasteiger partial charge in [0.1, 0.15) is 24.9 Å². The van der Waals surface area contributed by atoms with E-state index < -0.39 is 0 Å². The summed E-state index contributed by atoms with van der Waals surface area (Å²) in [6.45, 7) is 14.3. The zero-order valence-electron chi connectivity index (χ0n) is 15.8. The molecule has 0 bridgehead atoms. The van der Waals surface area contributed by atoms with E-state index in [9.17, 15) is 4.79 Å². The predicted octanol–water partition coefficient (Wildman–Crippen LogP) is 1.90. The molecule has 0 spiro atoms. The van der Waals surface area contributed by atoms with E-state index in [1.165, 1.54) is 0 Å². The molecule has 1 saturated heterocycles. The summed E-state index contributed by atoms with van der Waals surface area (Å²) in [4.78, 5) is 11.5. The highest BCUT2D eigenvalue weighted by Gasteiger charge is 2.46. The molecule has 0 saturated carbocycles. The van der Waals surface area contributed by atoms with Crippen molar-refractivity contribution in [3.05, 3.63) is 0 Å². The van der Waals surface area contributed by atoms with Crippen molar-refractivity contribution in [3.63, 3.8) is 0 Å². The van der Waals surface area contributed by atoms with Gasteiger partial charge in [-0.15, -0.1) is 0 Å². The monoisotopic (exact) mass is 331 g/mol. The average molecular weight is 331 g/mol. The van der Waals surface area contributed by atoms with E-state index >= 15 is 0 Å². The van der Waals surface area contributed by atoms with Crippen molar-refractivity contribution < 1.29 is 23.7 Å². The molecule has 1 aliphatic rings. The van der Waals surface area contributed by atoms with Crippen molar-refractivity contribution in [2.75, 3.05) is 20.3 Å². The van der Waals surface area contributed by atoms with Gasteiger partial charge in [-0.25, -0.2) is 0 Å². The van der Waals surface area contributed by atoms with Crippen molar-refractivity contribution in [3.8, 4) is 0 Å².